The summed E-state index contributed by atoms with van der Waals surface area (Å²) in [6, 6.07) is 12.4. The molecular weight excluding hydrogens is 437 g/mol. The van der Waals surface area contributed by atoms with Gasteiger partial charge in [0.05, 0.1) is 16.0 Å². The van der Waals surface area contributed by atoms with Crippen LogP contribution in [0.1, 0.15) is 13.8 Å². The Morgan fingerprint density at radius 2 is 1.77 bits per heavy atom. The van der Waals surface area contributed by atoms with Gasteiger partial charge in [-0.1, -0.05) is 25.2 Å². The summed E-state index contributed by atoms with van der Waals surface area (Å²) in [4.78, 5) is 24.1. The van der Waals surface area contributed by atoms with Crippen molar-refractivity contribution in [1.82, 2.24) is 9.88 Å². The minimum Gasteiger partial charge on any atom is -0.302 e. The van der Waals surface area contributed by atoms with Crippen LogP contribution in [0.2, 0.25) is 0 Å². The van der Waals surface area contributed by atoms with E-state index in [1.165, 1.54) is 28.8 Å². The van der Waals surface area contributed by atoms with Gasteiger partial charge in [0.15, 0.2) is 5.13 Å². The molecule has 0 fully saturated rings. The molecule has 4 nitrogen and oxygen atoms in total. The number of carbonyl (C=O) groups excluding carboxylic acids is 1. The molecule has 1 amide bonds. The predicted molar refractivity (Wildman–Crippen MR) is 129 cm³/mol. The first-order valence-electron chi connectivity index (χ1n) is 9.89. The van der Waals surface area contributed by atoms with Gasteiger partial charge in [-0.05, 0) is 61.8 Å². The highest BCUT2D eigenvalue weighted by atomic mass is 32.2. The van der Waals surface area contributed by atoms with E-state index < -0.39 is 0 Å². The number of aromatic nitrogens is 1. The lowest BCUT2D eigenvalue weighted by atomic mass is 10.3. The largest absolute Gasteiger partial charge is 0.302 e. The van der Waals surface area contributed by atoms with Crippen LogP contribution in [0.25, 0.3) is 10.2 Å². The maximum absolute atomic E-state index is 13.1. The Hall–Kier alpha value is -1.61. The van der Waals surface area contributed by atoms with Crippen molar-refractivity contribution < 1.29 is 9.18 Å². The van der Waals surface area contributed by atoms with Crippen LogP contribution in [-0.4, -0.2) is 54.0 Å². The summed E-state index contributed by atoms with van der Waals surface area (Å²) >= 11 is 4.67. The second kappa shape index (κ2) is 11.1. The minimum atomic E-state index is -0.273. The fraction of sp³-hybridized carbons (Fsp3) is 0.364. The van der Waals surface area contributed by atoms with Crippen LogP contribution < -0.4 is 4.90 Å². The molecule has 1 heterocycles. The number of thioether (sulfide) groups is 2. The van der Waals surface area contributed by atoms with Crippen LogP contribution in [0.5, 0.6) is 0 Å². The molecule has 160 valence electrons. The van der Waals surface area contributed by atoms with Gasteiger partial charge in [-0.2, -0.15) is 0 Å². The first kappa shape index (κ1) is 23.1. The molecule has 0 bridgehead atoms. The molecule has 3 aromatic rings. The maximum atomic E-state index is 13.1. The highest BCUT2D eigenvalue weighted by Gasteiger charge is 2.21. The second-order valence-electron chi connectivity index (χ2n) is 6.64. The molecule has 0 aliphatic rings. The van der Waals surface area contributed by atoms with Crippen molar-refractivity contribution in [3.63, 3.8) is 0 Å². The van der Waals surface area contributed by atoms with Crippen molar-refractivity contribution in [3.8, 4) is 0 Å². The van der Waals surface area contributed by atoms with E-state index in [4.69, 9.17) is 4.98 Å². The number of amides is 1. The van der Waals surface area contributed by atoms with E-state index in [2.05, 4.69) is 37.1 Å². The zero-order valence-electron chi connectivity index (χ0n) is 17.4. The van der Waals surface area contributed by atoms with E-state index in [9.17, 15) is 9.18 Å². The average Bonchev–Trinajstić information content (AvgIpc) is 3.19. The lowest BCUT2D eigenvalue weighted by molar-refractivity contribution is -0.116. The molecular formula is C22H26FN3OS3. The SMILES string of the molecule is CCN(CC)CCN(C(=O)CSc1ccc(F)cc1)c1nc2ccc(SC)cc2s1. The van der Waals surface area contributed by atoms with Crippen molar-refractivity contribution in [2.75, 3.05) is 43.1 Å². The number of hydrogen-bond donors (Lipinski definition) is 0. The molecule has 0 aliphatic heterocycles. The molecule has 0 atom stereocenters. The molecule has 0 N–H and O–H groups in total. The number of halogens is 1. The molecule has 30 heavy (non-hydrogen) atoms. The highest BCUT2D eigenvalue weighted by Crippen LogP contribution is 2.32. The fourth-order valence-corrected chi connectivity index (χ4v) is 5.33. The van der Waals surface area contributed by atoms with Crippen molar-refractivity contribution >= 4 is 56.1 Å². The van der Waals surface area contributed by atoms with Crippen LogP contribution in [-0.2, 0) is 4.79 Å². The first-order chi connectivity index (χ1) is 14.5. The Bertz CT molecular complexity index is 973. The molecule has 3 rings (SSSR count). The normalized spacial score (nSPS) is 11.4. The van der Waals surface area contributed by atoms with Crippen LogP contribution >= 0.6 is 34.9 Å². The van der Waals surface area contributed by atoms with Crippen molar-refractivity contribution in [2.24, 2.45) is 0 Å². The Labute approximate surface area is 189 Å². The van der Waals surface area contributed by atoms with E-state index in [1.54, 1.807) is 40.1 Å². The molecule has 0 saturated heterocycles. The minimum absolute atomic E-state index is 0.0145. The van der Waals surface area contributed by atoms with Crippen LogP contribution in [0.3, 0.4) is 0 Å². The Morgan fingerprint density at radius 3 is 2.43 bits per heavy atom. The Morgan fingerprint density at radius 1 is 1.07 bits per heavy atom. The first-order valence-corrected chi connectivity index (χ1v) is 12.9. The summed E-state index contributed by atoms with van der Waals surface area (Å²) in [5.74, 6) is 0.0295. The lowest BCUT2D eigenvalue weighted by Crippen LogP contribution is -2.39. The number of carbonyl (C=O) groups is 1. The third kappa shape index (κ3) is 5.97. The second-order valence-corrected chi connectivity index (χ2v) is 9.58. The van der Waals surface area contributed by atoms with E-state index in [0.29, 0.717) is 6.54 Å². The zero-order chi connectivity index (χ0) is 21.5. The lowest BCUT2D eigenvalue weighted by Gasteiger charge is -2.24. The number of likely N-dealkylation sites (N-methyl/N-ethyl adjacent to an activating group) is 1. The Kier molecular flexibility index (Phi) is 8.56. The molecule has 0 unspecified atom stereocenters. The molecule has 0 spiro atoms. The van der Waals surface area contributed by atoms with Gasteiger partial charge in [0, 0.05) is 22.9 Å². The fourth-order valence-electron chi connectivity index (χ4n) is 3.00. The summed E-state index contributed by atoms with van der Waals surface area (Å²) in [5.41, 5.74) is 0.916. The van der Waals surface area contributed by atoms with Gasteiger partial charge in [0.2, 0.25) is 5.91 Å². The predicted octanol–water partition coefficient (Wildman–Crippen LogP) is 5.62. The molecule has 8 heteroatoms. The highest BCUT2D eigenvalue weighted by molar-refractivity contribution is 8.00. The third-order valence-electron chi connectivity index (χ3n) is 4.83. The van der Waals surface area contributed by atoms with Gasteiger partial charge < -0.3 is 4.90 Å². The van der Waals surface area contributed by atoms with Crippen molar-refractivity contribution in [2.45, 2.75) is 23.6 Å². The standard InChI is InChI=1S/C22H26FN3OS3/c1-4-25(5-2)12-13-26(21(27)15-29-17-8-6-16(23)7-9-17)22-24-19-11-10-18(28-3)14-20(19)30-22/h6-11,14H,4-5,12-13,15H2,1-3H3. The van der Waals surface area contributed by atoms with Gasteiger partial charge in [0.25, 0.3) is 0 Å². The van der Waals surface area contributed by atoms with Gasteiger partial charge in [-0.3, -0.25) is 9.69 Å². The van der Waals surface area contributed by atoms with Crippen LogP contribution in [0.4, 0.5) is 9.52 Å². The maximum Gasteiger partial charge on any atom is 0.239 e. The number of benzene rings is 2. The van der Waals surface area contributed by atoms with Gasteiger partial charge in [-0.15, -0.1) is 23.5 Å². The quantitative estimate of drug-likeness (QED) is 0.365. The van der Waals surface area contributed by atoms with Gasteiger partial charge in [-0.25, -0.2) is 9.37 Å². The van der Waals surface area contributed by atoms with Crippen LogP contribution in [0, 0.1) is 5.82 Å². The number of thiazole rings is 1. The number of nitrogens with zero attached hydrogens (tertiary/aromatic N) is 3. The molecule has 1 aromatic heterocycles. The van der Waals surface area contributed by atoms with Gasteiger partial charge >= 0.3 is 0 Å². The number of anilines is 1. The smallest absolute Gasteiger partial charge is 0.239 e. The number of hydrogen-bond acceptors (Lipinski definition) is 6. The van der Waals surface area contributed by atoms with E-state index in [-0.39, 0.29) is 17.5 Å². The summed E-state index contributed by atoms with van der Waals surface area (Å²) in [5, 5.41) is 0.736. The van der Waals surface area contributed by atoms with Crippen LogP contribution in [0.15, 0.2) is 52.3 Å². The van der Waals surface area contributed by atoms with Crippen molar-refractivity contribution in [3.05, 3.63) is 48.3 Å². The number of fused-ring (bicyclic) bond motifs is 1. The third-order valence-corrected chi connectivity index (χ3v) is 7.59. The van der Waals surface area contributed by atoms with E-state index in [0.717, 1.165) is 39.9 Å². The van der Waals surface area contributed by atoms with E-state index >= 15 is 0 Å². The van der Waals surface area contributed by atoms with Gasteiger partial charge in [0.1, 0.15) is 5.82 Å². The summed E-state index contributed by atoms with van der Waals surface area (Å²) < 4.78 is 14.2. The Balaban J connectivity index is 1.79. The topological polar surface area (TPSA) is 36.4 Å². The van der Waals surface area contributed by atoms with Crippen molar-refractivity contribution in [1.29, 1.82) is 0 Å². The molecule has 0 saturated carbocycles. The summed E-state index contributed by atoms with van der Waals surface area (Å²) in [6.07, 6.45) is 2.05. The van der Waals surface area contributed by atoms with E-state index in [1.807, 2.05) is 6.07 Å². The molecule has 0 aliphatic carbocycles. The molecule has 2 aromatic carbocycles. The average molecular weight is 464 g/mol. The molecule has 0 radical (unpaired) electrons. The monoisotopic (exact) mass is 463 g/mol. The number of rotatable bonds is 10. The summed E-state index contributed by atoms with van der Waals surface area (Å²) in [6.45, 7) is 7.54. The summed E-state index contributed by atoms with van der Waals surface area (Å²) in [7, 11) is 0. The zero-order valence-corrected chi connectivity index (χ0v) is 19.9.